The number of rotatable bonds is 3. The summed E-state index contributed by atoms with van der Waals surface area (Å²) in [5, 5.41) is 10.3. The maximum Gasteiger partial charge on any atom is 0.323 e. The van der Waals surface area contributed by atoms with Crippen molar-refractivity contribution in [3.8, 4) is 0 Å². The Morgan fingerprint density at radius 3 is 2.70 bits per heavy atom. The molecule has 0 aliphatic rings. The summed E-state index contributed by atoms with van der Waals surface area (Å²) in [7, 11) is 0. The van der Waals surface area contributed by atoms with E-state index in [1.807, 2.05) is 43.3 Å². The van der Waals surface area contributed by atoms with Crippen molar-refractivity contribution >= 4 is 11.0 Å². The Labute approximate surface area is 116 Å². The van der Waals surface area contributed by atoms with Crippen LogP contribution in [0.3, 0.4) is 0 Å². The first-order chi connectivity index (χ1) is 9.61. The number of benzene rings is 2. The first-order valence-corrected chi connectivity index (χ1v) is 6.57. The molecule has 0 spiro atoms. The van der Waals surface area contributed by atoms with Crippen LogP contribution in [0.15, 0.2) is 47.3 Å². The largest absolute Gasteiger partial charge is 0.388 e. The Hall–Kier alpha value is -2.33. The molecule has 0 radical (unpaired) electrons. The maximum atomic E-state index is 11.2. The number of aliphatic hydroxyl groups excluding tert-OH is 1. The molecular weight excluding hydrogens is 252 g/mol. The number of nitrogens with one attached hydrogen (secondary N) is 2. The third kappa shape index (κ3) is 2.51. The molecule has 3 rings (SSSR count). The van der Waals surface area contributed by atoms with Crippen LogP contribution < -0.4 is 5.69 Å². The van der Waals surface area contributed by atoms with E-state index in [9.17, 15) is 9.90 Å². The van der Waals surface area contributed by atoms with Gasteiger partial charge < -0.3 is 15.1 Å². The van der Waals surface area contributed by atoms with Crippen LogP contribution in [0.2, 0.25) is 0 Å². The Morgan fingerprint density at radius 2 is 1.90 bits per heavy atom. The zero-order chi connectivity index (χ0) is 14.1. The van der Waals surface area contributed by atoms with Gasteiger partial charge in [-0.05, 0) is 30.2 Å². The second-order valence-corrected chi connectivity index (χ2v) is 5.09. The maximum absolute atomic E-state index is 11.2. The number of imidazole rings is 1. The lowest BCUT2D eigenvalue weighted by molar-refractivity contribution is 0.178. The fraction of sp³-hybridized carbons (Fsp3) is 0.188. The number of H-pyrrole nitrogens is 2. The third-order valence-electron chi connectivity index (χ3n) is 3.44. The van der Waals surface area contributed by atoms with Crippen molar-refractivity contribution in [3.05, 3.63) is 69.6 Å². The molecule has 0 bridgehead atoms. The number of fused-ring (bicyclic) bond motifs is 1. The number of hydrogen-bond acceptors (Lipinski definition) is 2. The summed E-state index contributed by atoms with van der Waals surface area (Å²) < 4.78 is 0. The minimum Gasteiger partial charge on any atom is -0.388 e. The van der Waals surface area contributed by atoms with E-state index in [0.29, 0.717) is 6.42 Å². The molecule has 1 aromatic heterocycles. The molecule has 102 valence electrons. The molecule has 0 saturated carbocycles. The first kappa shape index (κ1) is 12.7. The molecule has 3 aromatic rings. The molecule has 20 heavy (non-hydrogen) atoms. The van der Waals surface area contributed by atoms with Gasteiger partial charge in [0.05, 0.1) is 17.1 Å². The monoisotopic (exact) mass is 268 g/mol. The predicted octanol–water partition coefficient (Wildman–Crippen LogP) is 2.44. The van der Waals surface area contributed by atoms with Crippen molar-refractivity contribution in [1.82, 2.24) is 9.97 Å². The van der Waals surface area contributed by atoms with Crippen molar-refractivity contribution < 1.29 is 5.11 Å². The molecule has 1 unspecified atom stereocenters. The fourth-order valence-corrected chi connectivity index (χ4v) is 2.44. The lowest BCUT2D eigenvalue weighted by Gasteiger charge is -2.11. The SMILES string of the molecule is Cc1cccc(CC(O)c2ccc3[nH]c(=O)[nH]c3c2)c1. The Balaban J connectivity index is 1.88. The van der Waals surface area contributed by atoms with Crippen molar-refractivity contribution in [3.63, 3.8) is 0 Å². The molecule has 1 heterocycles. The van der Waals surface area contributed by atoms with Gasteiger partial charge in [-0.3, -0.25) is 0 Å². The predicted molar refractivity (Wildman–Crippen MR) is 78.8 cm³/mol. The standard InChI is InChI=1S/C16H16N2O2/c1-10-3-2-4-11(7-10)8-15(19)12-5-6-13-14(9-12)18-16(20)17-13/h2-7,9,15,19H,8H2,1H3,(H2,17,18,20). The lowest BCUT2D eigenvalue weighted by Crippen LogP contribution is -2.02. The number of aliphatic hydroxyl groups is 1. The molecule has 3 N–H and O–H groups in total. The molecule has 0 amide bonds. The molecule has 4 heteroatoms. The van der Waals surface area contributed by atoms with E-state index in [1.54, 1.807) is 0 Å². The second-order valence-electron chi connectivity index (χ2n) is 5.09. The van der Waals surface area contributed by atoms with Gasteiger partial charge in [-0.15, -0.1) is 0 Å². The zero-order valence-corrected chi connectivity index (χ0v) is 11.2. The summed E-state index contributed by atoms with van der Waals surface area (Å²) in [5.74, 6) is 0. The van der Waals surface area contributed by atoms with E-state index in [-0.39, 0.29) is 5.69 Å². The molecule has 0 saturated heterocycles. The zero-order valence-electron chi connectivity index (χ0n) is 11.2. The first-order valence-electron chi connectivity index (χ1n) is 6.57. The number of aromatic nitrogens is 2. The smallest absolute Gasteiger partial charge is 0.323 e. The van der Waals surface area contributed by atoms with Crippen LogP contribution in [0.1, 0.15) is 22.8 Å². The molecule has 4 nitrogen and oxygen atoms in total. The van der Waals surface area contributed by atoms with E-state index >= 15 is 0 Å². The highest BCUT2D eigenvalue weighted by Crippen LogP contribution is 2.21. The van der Waals surface area contributed by atoms with Gasteiger partial charge in [0.2, 0.25) is 0 Å². The minimum absolute atomic E-state index is 0.231. The summed E-state index contributed by atoms with van der Waals surface area (Å²) in [5.41, 5.74) is 4.32. The van der Waals surface area contributed by atoms with Gasteiger partial charge in [-0.2, -0.15) is 0 Å². The van der Waals surface area contributed by atoms with Gasteiger partial charge in [-0.25, -0.2) is 4.79 Å². The van der Waals surface area contributed by atoms with E-state index in [2.05, 4.69) is 16.0 Å². The normalized spacial score (nSPS) is 12.7. The summed E-state index contributed by atoms with van der Waals surface area (Å²) in [6.45, 7) is 2.03. The molecule has 1 atom stereocenters. The molecule has 0 fully saturated rings. The van der Waals surface area contributed by atoms with Crippen LogP contribution in [-0.4, -0.2) is 15.1 Å². The van der Waals surface area contributed by atoms with Crippen LogP contribution in [0, 0.1) is 6.92 Å². The quantitative estimate of drug-likeness (QED) is 0.683. The Bertz CT molecular complexity index is 801. The van der Waals surface area contributed by atoms with Gasteiger partial charge in [0.25, 0.3) is 0 Å². The summed E-state index contributed by atoms with van der Waals surface area (Å²) in [4.78, 5) is 16.6. The van der Waals surface area contributed by atoms with Gasteiger partial charge in [0, 0.05) is 6.42 Å². The van der Waals surface area contributed by atoms with E-state index in [1.165, 1.54) is 5.56 Å². The van der Waals surface area contributed by atoms with E-state index < -0.39 is 6.10 Å². The van der Waals surface area contributed by atoms with Crippen molar-refractivity contribution in [2.75, 3.05) is 0 Å². The van der Waals surface area contributed by atoms with Gasteiger partial charge in [0.1, 0.15) is 0 Å². The van der Waals surface area contributed by atoms with Crippen molar-refractivity contribution in [2.24, 2.45) is 0 Å². The van der Waals surface area contributed by atoms with E-state index in [0.717, 1.165) is 22.2 Å². The highest BCUT2D eigenvalue weighted by atomic mass is 16.3. The summed E-state index contributed by atoms with van der Waals surface area (Å²) >= 11 is 0. The molecular formula is C16H16N2O2. The highest BCUT2D eigenvalue weighted by molar-refractivity contribution is 5.75. The van der Waals surface area contributed by atoms with Gasteiger partial charge >= 0.3 is 5.69 Å². The van der Waals surface area contributed by atoms with Gasteiger partial charge in [-0.1, -0.05) is 35.9 Å². The van der Waals surface area contributed by atoms with Crippen molar-refractivity contribution in [1.29, 1.82) is 0 Å². The van der Waals surface area contributed by atoms with E-state index in [4.69, 9.17) is 0 Å². The fourth-order valence-electron chi connectivity index (χ4n) is 2.44. The van der Waals surface area contributed by atoms with Crippen LogP contribution in [-0.2, 0) is 6.42 Å². The lowest BCUT2D eigenvalue weighted by atomic mass is 10.00. The Kier molecular flexibility index (Phi) is 3.16. The van der Waals surface area contributed by atoms with Crippen LogP contribution in [0.4, 0.5) is 0 Å². The van der Waals surface area contributed by atoms with Crippen LogP contribution in [0.25, 0.3) is 11.0 Å². The van der Waals surface area contributed by atoms with Crippen molar-refractivity contribution in [2.45, 2.75) is 19.4 Å². The molecule has 0 aliphatic heterocycles. The number of hydrogen-bond donors (Lipinski definition) is 3. The summed E-state index contributed by atoms with van der Waals surface area (Å²) in [6.07, 6.45) is -0.0263. The van der Waals surface area contributed by atoms with Crippen LogP contribution in [0.5, 0.6) is 0 Å². The molecule has 2 aromatic carbocycles. The summed E-state index contributed by atoms with van der Waals surface area (Å²) in [6, 6.07) is 13.6. The second kappa shape index (κ2) is 4.98. The Morgan fingerprint density at radius 1 is 1.10 bits per heavy atom. The highest BCUT2D eigenvalue weighted by Gasteiger charge is 2.10. The number of aryl methyl sites for hydroxylation is 1. The average molecular weight is 268 g/mol. The third-order valence-corrected chi connectivity index (χ3v) is 3.44. The van der Waals surface area contributed by atoms with Crippen LogP contribution >= 0.6 is 0 Å². The van der Waals surface area contributed by atoms with Gasteiger partial charge in [0.15, 0.2) is 0 Å². The average Bonchev–Trinajstić information content (AvgIpc) is 2.77. The topological polar surface area (TPSA) is 68.9 Å². The number of aromatic amines is 2. The molecule has 0 aliphatic carbocycles. The minimum atomic E-state index is -0.584.